The zero-order chi connectivity index (χ0) is 23.7. The van der Waals surface area contributed by atoms with Crippen LogP contribution >= 0.6 is 0 Å². The Labute approximate surface area is 193 Å². The van der Waals surface area contributed by atoms with Crippen LogP contribution in [-0.2, 0) is 9.53 Å². The van der Waals surface area contributed by atoms with Crippen molar-refractivity contribution in [2.75, 3.05) is 18.9 Å². The lowest BCUT2D eigenvalue weighted by Crippen LogP contribution is -2.38. The minimum Gasteiger partial charge on any atom is -0.390 e. The van der Waals surface area contributed by atoms with Crippen LogP contribution in [0.15, 0.2) is 35.2 Å². The molecule has 1 aliphatic rings. The fraction of sp³-hybridized carbons (Fsp3) is 0.381. The van der Waals surface area contributed by atoms with Crippen molar-refractivity contribution in [3.05, 3.63) is 30.7 Å². The minimum absolute atomic E-state index is 0.186. The minimum atomic E-state index is -0.982. The van der Waals surface area contributed by atoms with Gasteiger partial charge in [0.15, 0.2) is 23.1 Å². The zero-order valence-electron chi connectivity index (χ0n) is 18.5. The van der Waals surface area contributed by atoms with Crippen LogP contribution in [0.5, 0.6) is 0 Å². The average molecular weight is 465 g/mol. The lowest BCUT2D eigenvalue weighted by atomic mass is 10.1. The van der Waals surface area contributed by atoms with Crippen LogP contribution in [0.1, 0.15) is 26.0 Å². The van der Waals surface area contributed by atoms with Gasteiger partial charge in [-0.3, -0.25) is 14.3 Å². The van der Waals surface area contributed by atoms with Gasteiger partial charge < -0.3 is 25.0 Å². The molecule has 1 fully saturated rings. The number of imidazole rings is 1. The van der Waals surface area contributed by atoms with E-state index < -0.39 is 24.3 Å². The monoisotopic (exact) mass is 465 g/mol. The number of fused-ring (bicyclic) bond motifs is 1. The number of hydrogen-bond donors (Lipinski definition) is 3. The van der Waals surface area contributed by atoms with Crippen LogP contribution in [-0.4, -0.2) is 71.5 Å². The second-order valence-corrected chi connectivity index (χ2v) is 7.71. The molecule has 0 spiro atoms. The highest BCUT2D eigenvalue weighted by molar-refractivity contribution is 5.85. The highest BCUT2D eigenvalue weighted by Gasteiger charge is 2.40. The Bertz CT molecular complexity index is 1310. The van der Waals surface area contributed by atoms with Crippen molar-refractivity contribution in [3.8, 4) is 23.2 Å². The Morgan fingerprint density at radius 3 is 2.88 bits per heavy atom. The van der Waals surface area contributed by atoms with Crippen molar-refractivity contribution < 1.29 is 19.2 Å². The van der Waals surface area contributed by atoms with E-state index in [4.69, 9.17) is 9.26 Å². The van der Waals surface area contributed by atoms with E-state index >= 15 is 0 Å². The summed E-state index contributed by atoms with van der Waals surface area (Å²) >= 11 is 0. The van der Waals surface area contributed by atoms with Gasteiger partial charge >= 0.3 is 0 Å². The molecule has 5 heterocycles. The average Bonchev–Trinajstić information content (AvgIpc) is 3.60. The summed E-state index contributed by atoms with van der Waals surface area (Å²) in [4.78, 5) is 34.3. The van der Waals surface area contributed by atoms with Crippen molar-refractivity contribution in [1.29, 1.82) is 0 Å². The number of anilines is 1. The Morgan fingerprint density at radius 1 is 1.24 bits per heavy atom. The maximum absolute atomic E-state index is 12.0. The number of ether oxygens (including phenoxy) is 1. The number of amides is 1. The number of carbonyl (C=O) groups excluding carboxylic acids is 1. The fourth-order valence-electron chi connectivity index (χ4n) is 3.71. The number of carbonyl (C=O) groups is 1. The number of aliphatic hydroxyl groups excluding tert-OH is 1. The maximum Gasteiger partial charge on any atom is 0.276 e. The molecule has 34 heavy (non-hydrogen) atoms. The van der Waals surface area contributed by atoms with E-state index in [0.29, 0.717) is 29.2 Å². The summed E-state index contributed by atoms with van der Waals surface area (Å²) in [6.45, 7) is 2.71. The maximum atomic E-state index is 12.0. The molecule has 1 amide bonds. The van der Waals surface area contributed by atoms with Gasteiger partial charge in [0, 0.05) is 26.2 Å². The first kappa shape index (κ1) is 21.9. The molecule has 3 N–H and O–H groups in total. The number of nitrogens with one attached hydrogen (secondary N) is 2. The second-order valence-electron chi connectivity index (χ2n) is 7.71. The first-order valence-corrected chi connectivity index (χ1v) is 10.9. The van der Waals surface area contributed by atoms with E-state index in [9.17, 15) is 9.90 Å². The SMILES string of the molecule is CCCNc1nc(-c2noc(-c3ccccn3)n2)nc2c1ncn2[C@H]1C[C@H](O)[C@@H](C(=O)NC)O1. The van der Waals surface area contributed by atoms with Crippen LogP contribution < -0.4 is 10.6 Å². The summed E-state index contributed by atoms with van der Waals surface area (Å²) in [7, 11) is 1.49. The smallest absolute Gasteiger partial charge is 0.276 e. The quantitative estimate of drug-likeness (QED) is 0.358. The van der Waals surface area contributed by atoms with Crippen molar-refractivity contribution in [1.82, 2.24) is 40.0 Å². The van der Waals surface area contributed by atoms with Gasteiger partial charge in [-0.05, 0) is 18.6 Å². The molecule has 3 atom stereocenters. The molecule has 4 aromatic heterocycles. The molecule has 4 aromatic rings. The van der Waals surface area contributed by atoms with Crippen LogP contribution in [0.2, 0.25) is 0 Å². The molecule has 5 rings (SSSR count). The Morgan fingerprint density at radius 2 is 2.12 bits per heavy atom. The molecule has 0 saturated carbocycles. The van der Waals surface area contributed by atoms with Crippen molar-refractivity contribution in [3.63, 3.8) is 0 Å². The number of likely N-dealkylation sites (N-methyl/N-ethyl adjacent to an activating group) is 1. The third-order valence-corrected chi connectivity index (χ3v) is 5.39. The van der Waals surface area contributed by atoms with Gasteiger partial charge in [-0.15, -0.1) is 0 Å². The molecule has 0 bridgehead atoms. The molecular formula is C21H23N9O4. The number of rotatable bonds is 7. The van der Waals surface area contributed by atoms with Crippen LogP contribution in [0, 0.1) is 0 Å². The van der Waals surface area contributed by atoms with Gasteiger partial charge in [0.25, 0.3) is 11.8 Å². The molecular weight excluding hydrogens is 442 g/mol. The van der Waals surface area contributed by atoms with E-state index in [1.54, 1.807) is 29.2 Å². The molecule has 0 unspecified atom stereocenters. The first-order valence-electron chi connectivity index (χ1n) is 10.9. The van der Waals surface area contributed by atoms with Crippen LogP contribution in [0.4, 0.5) is 5.82 Å². The summed E-state index contributed by atoms with van der Waals surface area (Å²) in [5.74, 6) is 0.761. The summed E-state index contributed by atoms with van der Waals surface area (Å²) in [6, 6.07) is 5.37. The van der Waals surface area contributed by atoms with Gasteiger partial charge in [0.05, 0.1) is 12.4 Å². The number of hydrogen-bond acceptors (Lipinski definition) is 11. The molecule has 0 aliphatic carbocycles. The van der Waals surface area contributed by atoms with Crippen LogP contribution in [0.25, 0.3) is 34.4 Å². The van der Waals surface area contributed by atoms with Gasteiger partial charge in [-0.2, -0.15) is 4.98 Å². The van der Waals surface area contributed by atoms with E-state index in [1.807, 2.05) is 13.0 Å². The zero-order valence-corrected chi connectivity index (χ0v) is 18.5. The third kappa shape index (κ3) is 3.95. The van der Waals surface area contributed by atoms with Crippen molar-refractivity contribution in [2.24, 2.45) is 0 Å². The molecule has 1 saturated heterocycles. The predicted molar refractivity (Wildman–Crippen MR) is 119 cm³/mol. The first-order chi connectivity index (χ1) is 16.6. The number of aliphatic hydroxyl groups is 1. The Kier molecular flexibility index (Phi) is 5.86. The van der Waals surface area contributed by atoms with Crippen molar-refractivity contribution >= 4 is 22.9 Å². The molecule has 0 radical (unpaired) electrons. The summed E-state index contributed by atoms with van der Waals surface area (Å²) in [5.41, 5.74) is 1.50. The number of nitrogens with zero attached hydrogens (tertiary/aromatic N) is 7. The molecule has 13 nitrogen and oxygen atoms in total. The van der Waals surface area contributed by atoms with E-state index in [2.05, 4.69) is 40.7 Å². The Hall–Kier alpha value is -3.97. The van der Waals surface area contributed by atoms with Crippen molar-refractivity contribution in [2.45, 2.75) is 38.2 Å². The second kappa shape index (κ2) is 9.11. The number of aromatic nitrogens is 7. The summed E-state index contributed by atoms with van der Waals surface area (Å²) in [6.07, 6.45) is 1.68. The standard InChI is InChI=1S/C21H23N9O4/c1-3-7-24-16-14-19(30(10-25-14)13-9-12(31)15(33-13)20(32)22-2)27-17(26-16)18-28-21(34-29-18)11-6-4-5-8-23-11/h4-6,8,10,12-13,15,31H,3,7,9H2,1-2H3,(H,22,32)(H,24,26,27)/t12-,13+,15-/m0/s1. The van der Waals surface area contributed by atoms with Gasteiger partial charge in [0.2, 0.25) is 11.6 Å². The van der Waals surface area contributed by atoms with Gasteiger partial charge in [-0.25, -0.2) is 15.0 Å². The summed E-state index contributed by atoms with van der Waals surface area (Å²) < 4.78 is 12.9. The molecule has 13 heteroatoms. The molecule has 1 aliphatic heterocycles. The number of pyridine rings is 1. The topological polar surface area (TPSA) is 166 Å². The van der Waals surface area contributed by atoms with E-state index in [-0.39, 0.29) is 24.0 Å². The third-order valence-electron chi connectivity index (χ3n) is 5.39. The van der Waals surface area contributed by atoms with E-state index in [0.717, 1.165) is 6.42 Å². The Balaban J connectivity index is 1.55. The highest BCUT2D eigenvalue weighted by atomic mass is 16.5. The van der Waals surface area contributed by atoms with Crippen LogP contribution in [0.3, 0.4) is 0 Å². The summed E-state index contributed by atoms with van der Waals surface area (Å²) in [5, 5.41) is 20.1. The highest BCUT2D eigenvalue weighted by Crippen LogP contribution is 2.33. The lowest BCUT2D eigenvalue weighted by Gasteiger charge is -2.14. The predicted octanol–water partition coefficient (Wildman–Crippen LogP) is 1.15. The van der Waals surface area contributed by atoms with Gasteiger partial charge in [-0.1, -0.05) is 18.1 Å². The fourth-order valence-corrected chi connectivity index (χ4v) is 3.71. The normalized spacial score (nSPS) is 20.0. The molecule has 0 aromatic carbocycles. The van der Waals surface area contributed by atoms with Gasteiger partial charge in [0.1, 0.15) is 11.9 Å². The molecule has 176 valence electrons. The van der Waals surface area contributed by atoms with E-state index in [1.165, 1.54) is 7.05 Å². The largest absolute Gasteiger partial charge is 0.390 e. The lowest BCUT2D eigenvalue weighted by molar-refractivity contribution is -0.137.